The van der Waals surface area contributed by atoms with Crippen molar-refractivity contribution in [1.82, 2.24) is 24.4 Å². The molecule has 1 fully saturated rings. The first kappa shape index (κ1) is 24.3. The van der Waals surface area contributed by atoms with E-state index in [9.17, 15) is 9.18 Å². The predicted octanol–water partition coefficient (Wildman–Crippen LogP) is 4.89. The lowest BCUT2D eigenvalue weighted by atomic mass is 10.1. The Hall–Kier alpha value is -4.76. The maximum absolute atomic E-state index is 14.8. The number of nitrogens with zero attached hydrogens (tertiary/aromatic N) is 5. The summed E-state index contributed by atoms with van der Waals surface area (Å²) >= 11 is 0. The second-order valence-electron chi connectivity index (χ2n) is 9.93. The van der Waals surface area contributed by atoms with E-state index in [2.05, 4.69) is 9.88 Å². The molecule has 0 atom stereocenters. The molecule has 8 nitrogen and oxygen atoms in total. The van der Waals surface area contributed by atoms with Gasteiger partial charge in [0.05, 0.1) is 11.4 Å². The molecule has 0 unspecified atom stereocenters. The van der Waals surface area contributed by atoms with E-state index in [1.807, 2.05) is 59.5 Å². The molecular formula is C31H26FN5O3. The summed E-state index contributed by atoms with van der Waals surface area (Å²) in [7, 11) is 0. The molecule has 0 spiro atoms. The fraction of sp³-hybridized carbons (Fsp3) is 0.194. The number of hydrogen-bond donors (Lipinski definition) is 0. The summed E-state index contributed by atoms with van der Waals surface area (Å²) in [5.74, 6) is 0.993. The van der Waals surface area contributed by atoms with Crippen molar-refractivity contribution >= 4 is 11.6 Å². The quantitative estimate of drug-likeness (QED) is 0.319. The summed E-state index contributed by atoms with van der Waals surface area (Å²) in [5.41, 5.74) is 4.33. The number of halogens is 1. The summed E-state index contributed by atoms with van der Waals surface area (Å²) in [6.45, 7) is 3.59. The van der Waals surface area contributed by atoms with Crippen molar-refractivity contribution in [3.05, 3.63) is 102 Å². The van der Waals surface area contributed by atoms with Crippen LogP contribution in [0.5, 0.6) is 11.5 Å². The highest BCUT2D eigenvalue weighted by Crippen LogP contribution is 2.33. The zero-order valence-electron chi connectivity index (χ0n) is 21.7. The minimum absolute atomic E-state index is 0.157. The van der Waals surface area contributed by atoms with Gasteiger partial charge in [0.2, 0.25) is 6.79 Å². The van der Waals surface area contributed by atoms with Gasteiger partial charge >= 0.3 is 0 Å². The van der Waals surface area contributed by atoms with Gasteiger partial charge in [-0.25, -0.2) is 13.9 Å². The van der Waals surface area contributed by atoms with Gasteiger partial charge in [0.25, 0.3) is 5.91 Å². The Morgan fingerprint density at radius 3 is 2.42 bits per heavy atom. The van der Waals surface area contributed by atoms with Crippen LogP contribution in [0.4, 0.5) is 4.39 Å². The molecule has 3 aromatic carbocycles. The van der Waals surface area contributed by atoms with Gasteiger partial charge in [-0.3, -0.25) is 9.69 Å². The van der Waals surface area contributed by atoms with Crippen LogP contribution in [-0.2, 0) is 6.54 Å². The highest BCUT2D eigenvalue weighted by Gasteiger charge is 2.26. The third-order valence-corrected chi connectivity index (χ3v) is 7.37. The van der Waals surface area contributed by atoms with E-state index in [0.29, 0.717) is 41.4 Å². The molecule has 2 aromatic heterocycles. The normalized spacial score (nSPS) is 15.1. The van der Waals surface area contributed by atoms with Crippen molar-refractivity contribution in [3.8, 4) is 34.0 Å². The largest absolute Gasteiger partial charge is 0.454 e. The van der Waals surface area contributed by atoms with Crippen LogP contribution in [0.25, 0.3) is 28.2 Å². The van der Waals surface area contributed by atoms with Crippen molar-refractivity contribution in [2.45, 2.75) is 6.54 Å². The van der Waals surface area contributed by atoms with Gasteiger partial charge < -0.3 is 14.4 Å². The van der Waals surface area contributed by atoms with Gasteiger partial charge in [-0.1, -0.05) is 48.5 Å². The Bertz CT molecular complexity index is 1710. The first-order valence-electron chi connectivity index (χ1n) is 13.2. The zero-order chi connectivity index (χ0) is 27.1. The minimum Gasteiger partial charge on any atom is -0.454 e. The van der Waals surface area contributed by atoms with E-state index >= 15 is 0 Å². The summed E-state index contributed by atoms with van der Waals surface area (Å²) in [6.07, 6.45) is 0. The molecule has 0 bridgehead atoms. The molecule has 200 valence electrons. The monoisotopic (exact) mass is 535 g/mol. The summed E-state index contributed by atoms with van der Waals surface area (Å²) in [6, 6.07) is 25.7. The number of benzene rings is 3. The Morgan fingerprint density at radius 1 is 0.825 bits per heavy atom. The molecule has 1 saturated heterocycles. The van der Waals surface area contributed by atoms with Crippen molar-refractivity contribution < 1.29 is 18.7 Å². The number of ether oxygens (including phenoxy) is 2. The number of piperazine rings is 1. The molecule has 0 N–H and O–H groups in total. The zero-order valence-corrected chi connectivity index (χ0v) is 21.7. The van der Waals surface area contributed by atoms with E-state index < -0.39 is 5.82 Å². The molecular weight excluding hydrogens is 509 g/mol. The van der Waals surface area contributed by atoms with Gasteiger partial charge in [-0.05, 0) is 35.9 Å². The number of aromatic nitrogens is 3. The topological polar surface area (TPSA) is 72.2 Å². The molecule has 5 aromatic rings. The van der Waals surface area contributed by atoms with Crippen LogP contribution >= 0.6 is 0 Å². The maximum atomic E-state index is 14.8. The van der Waals surface area contributed by atoms with E-state index in [1.54, 1.807) is 28.8 Å². The van der Waals surface area contributed by atoms with Gasteiger partial charge in [0.1, 0.15) is 11.5 Å². The van der Waals surface area contributed by atoms with Gasteiger partial charge in [-0.15, -0.1) is 0 Å². The Labute approximate surface area is 230 Å². The number of rotatable bonds is 5. The first-order chi connectivity index (χ1) is 19.6. The number of hydrogen-bond acceptors (Lipinski definition) is 6. The average Bonchev–Trinajstić information content (AvgIpc) is 3.64. The molecule has 2 aliphatic rings. The van der Waals surface area contributed by atoms with Crippen molar-refractivity contribution in [2.24, 2.45) is 0 Å². The van der Waals surface area contributed by atoms with Crippen LogP contribution in [0, 0.1) is 5.82 Å². The molecule has 4 heterocycles. The van der Waals surface area contributed by atoms with Crippen molar-refractivity contribution in [2.75, 3.05) is 33.0 Å². The van der Waals surface area contributed by atoms with Gasteiger partial charge in [-0.2, -0.15) is 5.10 Å². The summed E-state index contributed by atoms with van der Waals surface area (Å²) in [4.78, 5) is 22.8. The van der Waals surface area contributed by atoms with E-state index in [-0.39, 0.29) is 12.7 Å². The molecule has 0 aliphatic carbocycles. The van der Waals surface area contributed by atoms with Crippen molar-refractivity contribution in [1.29, 1.82) is 0 Å². The fourth-order valence-electron chi connectivity index (χ4n) is 5.25. The number of fused-ring (bicyclic) bond motifs is 2. The van der Waals surface area contributed by atoms with Crippen LogP contribution in [-0.4, -0.2) is 63.3 Å². The molecule has 0 saturated carbocycles. The Balaban J connectivity index is 1.17. The van der Waals surface area contributed by atoms with Crippen LogP contribution in [0.2, 0.25) is 0 Å². The Kier molecular flexibility index (Phi) is 6.13. The third-order valence-electron chi connectivity index (χ3n) is 7.37. The van der Waals surface area contributed by atoms with Crippen LogP contribution < -0.4 is 9.47 Å². The molecule has 0 radical (unpaired) electrons. The molecule has 2 aliphatic heterocycles. The third kappa shape index (κ3) is 4.54. The number of carbonyl (C=O) groups excluding carboxylic acids is 1. The smallest absolute Gasteiger partial charge is 0.272 e. The minimum atomic E-state index is -0.391. The SMILES string of the molecule is O=C(c1cc(-c2ccccc2F)nc2cc(-c3ccccc3)nn12)N1CCN(Cc2ccc3c(c2)OCO3)CC1. The summed E-state index contributed by atoms with van der Waals surface area (Å²) in [5, 5.41) is 4.74. The van der Waals surface area contributed by atoms with E-state index in [4.69, 9.17) is 14.6 Å². The van der Waals surface area contributed by atoms with Crippen molar-refractivity contribution in [3.63, 3.8) is 0 Å². The van der Waals surface area contributed by atoms with Crippen LogP contribution in [0.1, 0.15) is 16.1 Å². The average molecular weight is 536 g/mol. The van der Waals surface area contributed by atoms with Gasteiger partial charge in [0.15, 0.2) is 17.1 Å². The lowest BCUT2D eigenvalue weighted by Crippen LogP contribution is -2.48. The number of amides is 1. The highest BCUT2D eigenvalue weighted by molar-refractivity contribution is 5.94. The number of carbonyl (C=O) groups is 1. The molecule has 9 heteroatoms. The standard InChI is InChI=1S/C31H26FN5O3/c32-24-9-5-4-8-23(24)26-17-27(37-30(33-26)18-25(34-37)22-6-2-1-3-7-22)31(38)36-14-12-35(13-15-36)19-21-10-11-28-29(16-21)40-20-39-28/h1-11,16-18H,12-15,19-20H2. The second-order valence-corrected chi connectivity index (χ2v) is 9.93. The molecule has 7 rings (SSSR count). The van der Waals surface area contributed by atoms with Gasteiger partial charge in [0, 0.05) is 49.9 Å². The van der Waals surface area contributed by atoms with Crippen LogP contribution in [0.3, 0.4) is 0 Å². The second kappa shape index (κ2) is 10.1. The molecule has 40 heavy (non-hydrogen) atoms. The lowest BCUT2D eigenvalue weighted by molar-refractivity contribution is 0.0620. The predicted molar refractivity (Wildman–Crippen MR) is 148 cm³/mol. The lowest BCUT2D eigenvalue weighted by Gasteiger charge is -2.34. The molecule has 1 amide bonds. The maximum Gasteiger partial charge on any atom is 0.272 e. The fourth-order valence-corrected chi connectivity index (χ4v) is 5.25. The summed E-state index contributed by atoms with van der Waals surface area (Å²) < 4.78 is 27.3. The van der Waals surface area contributed by atoms with Crippen LogP contribution in [0.15, 0.2) is 84.9 Å². The highest BCUT2D eigenvalue weighted by atomic mass is 19.1. The first-order valence-corrected chi connectivity index (χ1v) is 13.2. The van der Waals surface area contributed by atoms with E-state index in [0.717, 1.165) is 42.3 Å². The van der Waals surface area contributed by atoms with E-state index in [1.165, 1.54) is 6.07 Å². The Morgan fingerprint density at radius 2 is 1.60 bits per heavy atom.